The number of ether oxygens (including phenoxy) is 3. The molecule has 11 heteroatoms. The van der Waals surface area contributed by atoms with E-state index in [9.17, 15) is 35.1 Å². The highest BCUT2D eigenvalue weighted by Gasteiger charge is 2.47. The first kappa shape index (κ1) is 62.2. The lowest BCUT2D eigenvalue weighted by molar-refractivity contribution is -0.305. The van der Waals surface area contributed by atoms with Crippen molar-refractivity contribution in [3.63, 3.8) is 0 Å². The summed E-state index contributed by atoms with van der Waals surface area (Å²) in [5, 5.41) is 56.6. The monoisotopic (exact) mass is 938 g/mol. The highest BCUT2D eigenvalue weighted by atomic mass is 16.7. The van der Waals surface area contributed by atoms with E-state index in [4.69, 9.17) is 14.2 Å². The summed E-state index contributed by atoms with van der Waals surface area (Å²) in [6.07, 6.45) is 38.0. The molecule has 8 unspecified atom stereocenters. The highest BCUT2D eigenvalue weighted by Crippen LogP contribution is 2.26. The number of esters is 1. The summed E-state index contributed by atoms with van der Waals surface area (Å²) in [6, 6.07) is -1.02. The Kier molecular flexibility index (Phi) is 41.8. The van der Waals surface area contributed by atoms with Gasteiger partial charge in [0.1, 0.15) is 24.4 Å². The third-order valence-corrected chi connectivity index (χ3v) is 13.1. The molecule has 6 N–H and O–H groups in total. The quantitative estimate of drug-likeness (QED) is 0.0196. The smallest absolute Gasteiger partial charge is 0.306 e. The molecule has 0 aromatic carbocycles. The molecule has 0 saturated carbocycles. The van der Waals surface area contributed by atoms with Crippen LogP contribution in [0.25, 0.3) is 0 Å². The van der Waals surface area contributed by atoms with Crippen LogP contribution < -0.4 is 5.32 Å². The maximum absolute atomic E-state index is 13.3. The number of rotatable bonds is 46. The second kappa shape index (κ2) is 44.4. The largest absolute Gasteiger partial charge is 0.454 e. The van der Waals surface area contributed by atoms with E-state index >= 15 is 0 Å². The molecular weight excluding hydrogens is 835 g/mol. The van der Waals surface area contributed by atoms with Gasteiger partial charge in [0.2, 0.25) is 5.91 Å². The lowest BCUT2D eigenvalue weighted by Crippen LogP contribution is -2.61. The SMILES string of the molecule is CCCCCCCCC/C=C\CCCCCC(=O)OC1C(OCC(NC(=O)C(O)CCCCCCCCCCCCCC)C(O)/C=C/CCCCCCCCCCC)OC(CO)C(O)C1O. The fourth-order valence-corrected chi connectivity index (χ4v) is 8.65. The van der Waals surface area contributed by atoms with Crippen LogP contribution in [0.1, 0.15) is 252 Å². The minimum Gasteiger partial charge on any atom is -0.454 e. The van der Waals surface area contributed by atoms with Crippen LogP contribution in [0, 0.1) is 0 Å². The summed E-state index contributed by atoms with van der Waals surface area (Å²) in [6.45, 7) is 5.75. The van der Waals surface area contributed by atoms with Gasteiger partial charge in [-0.1, -0.05) is 218 Å². The number of nitrogens with one attached hydrogen (secondary N) is 1. The number of carbonyl (C=O) groups excluding carboxylic acids is 2. The third-order valence-electron chi connectivity index (χ3n) is 13.1. The Morgan fingerprint density at radius 3 is 1.47 bits per heavy atom. The summed E-state index contributed by atoms with van der Waals surface area (Å²) in [5.41, 5.74) is 0. The Morgan fingerprint density at radius 1 is 0.576 bits per heavy atom. The Morgan fingerprint density at radius 2 is 1.00 bits per heavy atom. The van der Waals surface area contributed by atoms with E-state index in [1.165, 1.54) is 141 Å². The van der Waals surface area contributed by atoms with Gasteiger partial charge in [0, 0.05) is 6.42 Å². The summed E-state index contributed by atoms with van der Waals surface area (Å²) >= 11 is 0. The molecule has 0 radical (unpaired) electrons. The number of aliphatic hydroxyl groups excluding tert-OH is 5. The maximum Gasteiger partial charge on any atom is 0.306 e. The number of unbranched alkanes of at least 4 members (excludes halogenated alkanes) is 30. The molecule has 0 aromatic rings. The normalized spacial score (nSPS) is 20.3. The van der Waals surface area contributed by atoms with Gasteiger partial charge in [-0.05, 0) is 51.4 Å². The van der Waals surface area contributed by atoms with E-state index in [1.54, 1.807) is 6.08 Å². The zero-order valence-electron chi connectivity index (χ0n) is 42.6. The molecule has 8 atom stereocenters. The molecule has 0 aliphatic carbocycles. The Balaban J connectivity index is 2.76. The lowest BCUT2D eigenvalue weighted by atomic mass is 9.99. The van der Waals surface area contributed by atoms with Crippen molar-refractivity contribution >= 4 is 11.9 Å². The Bertz CT molecular complexity index is 1170. The van der Waals surface area contributed by atoms with Crippen molar-refractivity contribution in [2.45, 2.75) is 301 Å². The zero-order chi connectivity index (χ0) is 48.3. The average Bonchev–Trinajstić information content (AvgIpc) is 3.31. The van der Waals surface area contributed by atoms with Crippen LogP contribution in [0.15, 0.2) is 24.3 Å². The summed E-state index contributed by atoms with van der Waals surface area (Å²) in [7, 11) is 0. The second-order valence-electron chi connectivity index (χ2n) is 19.3. The minimum atomic E-state index is -1.61. The molecule has 11 nitrogen and oxygen atoms in total. The highest BCUT2D eigenvalue weighted by molar-refractivity contribution is 5.80. The number of allylic oxidation sites excluding steroid dienone is 3. The third kappa shape index (κ3) is 32.8. The van der Waals surface area contributed by atoms with E-state index < -0.39 is 67.4 Å². The van der Waals surface area contributed by atoms with E-state index in [0.29, 0.717) is 19.3 Å². The van der Waals surface area contributed by atoms with Crippen molar-refractivity contribution in [3.8, 4) is 0 Å². The van der Waals surface area contributed by atoms with Crippen LogP contribution in [0.2, 0.25) is 0 Å². The van der Waals surface area contributed by atoms with Crippen LogP contribution >= 0.6 is 0 Å². The van der Waals surface area contributed by atoms with Crippen molar-refractivity contribution in [1.82, 2.24) is 5.32 Å². The summed E-state index contributed by atoms with van der Waals surface area (Å²) in [5.74, 6) is -1.21. The molecule has 1 fully saturated rings. The molecule has 0 spiro atoms. The molecule has 1 aliphatic rings. The van der Waals surface area contributed by atoms with Gasteiger partial charge in [-0.25, -0.2) is 0 Å². The summed E-state index contributed by atoms with van der Waals surface area (Å²) in [4.78, 5) is 26.3. The zero-order valence-corrected chi connectivity index (χ0v) is 42.6. The number of carbonyl (C=O) groups is 2. The van der Waals surface area contributed by atoms with Gasteiger partial charge >= 0.3 is 5.97 Å². The molecule has 0 bridgehead atoms. The topological polar surface area (TPSA) is 175 Å². The first-order valence-electron chi connectivity index (χ1n) is 27.6. The van der Waals surface area contributed by atoms with Gasteiger partial charge in [-0.15, -0.1) is 0 Å². The number of hydrogen-bond acceptors (Lipinski definition) is 10. The molecule has 1 amide bonds. The van der Waals surface area contributed by atoms with Crippen LogP contribution in [0.3, 0.4) is 0 Å². The van der Waals surface area contributed by atoms with Gasteiger partial charge in [-0.3, -0.25) is 9.59 Å². The van der Waals surface area contributed by atoms with E-state index in [2.05, 4.69) is 38.2 Å². The van der Waals surface area contributed by atoms with Crippen LogP contribution in [-0.4, -0.2) is 99.6 Å². The molecule has 1 rings (SSSR count). The maximum atomic E-state index is 13.3. The van der Waals surface area contributed by atoms with Crippen LogP contribution in [0.4, 0.5) is 0 Å². The number of aliphatic hydroxyl groups is 5. The average molecular weight is 938 g/mol. The van der Waals surface area contributed by atoms with Crippen molar-refractivity contribution in [3.05, 3.63) is 24.3 Å². The lowest BCUT2D eigenvalue weighted by Gasteiger charge is -2.41. The first-order valence-corrected chi connectivity index (χ1v) is 27.6. The van der Waals surface area contributed by atoms with Crippen LogP contribution in [-0.2, 0) is 23.8 Å². The van der Waals surface area contributed by atoms with E-state index in [-0.39, 0.29) is 13.0 Å². The predicted molar refractivity (Wildman–Crippen MR) is 269 cm³/mol. The van der Waals surface area contributed by atoms with Crippen molar-refractivity contribution in [2.75, 3.05) is 13.2 Å². The van der Waals surface area contributed by atoms with Gasteiger partial charge in [0.05, 0.1) is 25.4 Å². The van der Waals surface area contributed by atoms with Crippen molar-refractivity contribution in [1.29, 1.82) is 0 Å². The standard InChI is InChI=1S/C55H103NO10/c1-4-7-10-13-16-19-22-24-25-28-31-34-37-40-43-50(60)66-53-52(62)51(61)49(44-57)65-55(53)64-45-46(47(58)41-38-35-32-29-26-21-18-15-12-9-6-3)56-54(63)48(59)42-39-36-33-30-27-23-20-17-14-11-8-5-2/h25,28,38,41,46-49,51-53,55,57-59,61-62H,4-24,26-27,29-37,39-40,42-45H2,1-3H3,(H,56,63)/b28-25-,41-38+. The van der Waals surface area contributed by atoms with E-state index in [0.717, 1.165) is 64.2 Å². The summed E-state index contributed by atoms with van der Waals surface area (Å²) < 4.78 is 17.5. The minimum absolute atomic E-state index is 0.107. The van der Waals surface area contributed by atoms with Gasteiger partial charge < -0.3 is 45.1 Å². The van der Waals surface area contributed by atoms with Crippen molar-refractivity contribution in [2.24, 2.45) is 0 Å². The second-order valence-corrected chi connectivity index (χ2v) is 19.3. The molecule has 388 valence electrons. The molecule has 66 heavy (non-hydrogen) atoms. The first-order chi connectivity index (χ1) is 32.2. The van der Waals surface area contributed by atoms with E-state index in [1.807, 2.05) is 6.08 Å². The van der Waals surface area contributed by atoms with Gasteiger partial charge in [0.25, 0.3) is 0 Å². The number of amides is 1. The number of hydrogen-bond donors (Lipinski definition) is 6. The van der Waals surface area contributed by atoms with Crippen LogP contribution in [0.5, 0.6) is 0 Å². The predicted octanol–water partition coefficient (Wildman–Crippen LogP) is 11.8. The fourth-order valence-electron chi connectivity index (χ4n) is 8.65. The molecule has 0 aromatic heterocycles. The molecule has 1 heterocycles. The fraction of sp³-hybridized carbons (Fsp3) is 0.891. The Hall–Kier alpha value is -1.86. The molecule has 1 aliphatic heterocycles. The van der Waals surface area contributed by atoms with Gasteiger partial charge in [-0.2, -0.15) is 0 Å². The molecular formula is C55H103NO10. The molecule has 1 saturated heterocycles. The van der Waals surface area contributed by atoms with Crippen molar-refractivity contribution < 1.29 is 49.3 Å². The van der Waals surface area contributed by atoms with Gasteiger partial charge in [0.15, 0.2) is 12.4 Å². The Labute approximate surface area is 403 Å².